The highest BCUT2D eigenvalue weighted by Crippen LogP contribution is 2.29. The molecule has 2 aliphatic heterocycles. The molecule has 5 aromatic carbocycles. The van der Waals surface area contributed by atoms with Crippen LogP contribution in [-0.2, 0) is 75.9 Å². The van der Waals surface area contributed by atoms with E-state index >= 15 is 0 Å². The molecule has 648 valence electrons. The van der Waals surface area contributed by atoms with Crippen LogP contribution in [0.15, 0.2) is 176 Å². The molecule has 2 fully saturated rings. The van der Waals surface area contributed by atoms with Crippen LogP contribution in [0.4, 0.5) is 43.7 Å². The number of nitrogens with zero attached hydrogens (tertiary/aromatic N) is 11. The van der Waals surface area contributed by atoms with Gasteiger partial charge in [-0.1, -0.05) is 48.5 Å². The second kappa shape index (κ2) is 47.4. The van der Waals surface area contributed by atoms with E-state index < -0.39 is 17.4 Å². The number of aldehydes is 1. The number of nitrogens with one attached hydrogen (secondary N) is 3. The number of carbonyl (C=O) groups is 2. The zero-order valence-electron chi connectivity index (χ0n) is 71.0. The van der Waals surface area contributed by atoms with Gasteiger partial charge in [0, 0.05) is 90.0 Å². The lowest BCUT2D eigenvalue weighted by molar-refractivity contribution is -0.181. The SMILES string of the molecule is COc1ccc(COc2cc(CCC(=O)c3cc(F)cc(F)c3)nc(Nc3ccc(C)nc3C)n2)cc1.COc1ccc(COc2cc(CCC3OCCCO3)nc(Cl)n2)cc1.COc1ccc(COc2cc(CCC3OCCCO3)nc(Nc3ccc(C)nc3C)n2)cc1.COc1ccc(COc2cc(CCC=O)nc(Nc3ccc(C)nc3C)n2)cc1. The lowest BCUT2D eigenvalue weighted by atomic mass is 10.1. The predicted molar refractivity (Wildman–Crippen MR) is 464 cm³/mol. The molecule has 124 heavy (non-hydrogen) atoms. The second-order valence-corrected chi connectivity index (χ2v) is 29.0. The highest BCUT2D eigenvalue weighted by molar-refractivity contribution is 6.28. The molecule has 0 aliphatic carbocycles. The number of methoxy groups -OCH3 is 4. The summed E-state index contributed by atoms with van der Waals surface area (Å²) in [5, 5.41) is 9.82. The molecule has 7 aromatic heterocycles. The fourth-order valence-corrected chi connectivity index (χ4v) is 12.6. The van der Waals surface area contributed by atoms with Crippen molar-refractivity contribution in [3.63, 3.8) is 0 Å². The Bertz CT molecular complexity index is 5410. The Morgan fingerprint density at radius 3 is 1.03 bits per heavy atom. The highest BCUT2D eigenvalue weighted by Gasteiger charge is 2.21. The molecule has 0 spiro atoms. The van der Waals surface area contributed by atoms with Gasteiger partial charge in [-0.05, 0) is 211 Å². The van der Waals surface area contributed by atoms with Gasteiger partial charge in [0.15, 0.2) is 18.4 Å². The van der Waals surface area contributed by atoms with Crippen LogP contribution < -0.4 is 53.8 Å². The largest absolute Gasteiger partial charge is 0.497 e. The number of hydrogen-bond donors (Lipinski definition) is 3. The molecule has 9 heterocycles. The number of ketones is 1. The molecule has 2 aliphatic rings. The van der Waals surface area contributed by atoms with Crippen molar-refractivity contribution in [1.29, 1.82) is 0 Å². The number of carbonyl (C=O) groups excluding carboxylic acids is 2. The Balaban J connectivity index is 0.000000162. The third-order valence-electron chi connectivity index (χ3n) is 19.0. The molecule has 31 heteroatoms. The Morgan fingerprint density at radius 2 is 0.710 bits per heavy atom. The first-order valence-electron chi connectivity index (χ1n) is 40.4. The Kier molecular flexibility index (Phi) is 35.1. The van der Waals surface area contributed by atoms with Gasteiger partial charge in [-0.25, -0.2) is 28.7 Å². The minimum absolute atomic E-state index is 0.00236. The molecule has 14 rings (SSSR count). The van der Waals surface area contributed by atoms with E-state index in [0.29, 0.717) is 86.6 Å². The summed E-state index contributed by atoms with van der Waals surface area (Å²) in [5.74, 6) is 4.02. The molecule has 0 amide bonds. The smallest absolute Gasteiger partial charge is 0.230 e. The van der Waals surface area contributed by atoms with Gasteiger partial charge in [0.05, 0.1) is 100 Å². The van der Waals surface area contributed by atoms with Crippen molar-refractivity contribution in [1.82, 2.24) is 54.8 Å². The molecule has 0 bridgehead atoms. The second-order valence-electron chi connectivity index (χ2n) is 28.6. The van der Waals surface area contributed by atoms with Crippen molar-refractivity contribution in [2.24, 2.45) is 0 Å². The molecule has 0 saturated carbocycles. The number of ether oxygens (including phenoxy) is 12. The van der Waals surface area contributed by atoms with Crippen LogP contribution in [-0.4, -0.2) is 134 Å². The summed E-state index contributed by atoms with van der Waals surface area (Å²) in [7, 11) is 6.52. The molecule has 12 aromatic rings. The van der Waals surface area contributed by atoms with Crippen LogP contribution in [0.3, 0.4) is 0 Å². The molecule has 28 nitrogen and oxygen atoms in total. The van der Waals surface area contributed by atoms with E-state index in [1.807, 2.05) is 181 Å². The Hall–Kier alpha value is -13.0. The molecule has 2 saturated heterocycles. The lowest BCUT2D eigenvalue weighted by Gasteiger charge is -2.23. The Labute approximate surface area is 724 Å². The molecular formula is C93H101ClF2N14O14. The van der Waals surface area contributed by atoms with Crippen molar-refractivity contribution >= 4 is 58.6 Å². The van der Waals surface area contributed by atoms with Crippen molar-refractivity contribution in [2.75, 3.05) is 70.8 Å². The number of pyridine rings is 3. The van der Waals surface area contributed by atoms with Crippen LogP contribution in [0.2, 0.25) is 5.28 Å². The van der Waals surface area contributed by atoms with Crippen LogP contribution in [0.1, 0.15) is 128 Å². The maximum atomic E-state index is 13.5. The van der Waals surface area contributed by atoms with Gasteiger partial charge in [-0.2, -0.15) is 19.9 Å². The zero-order valence-corrected chi connectivity index (χ0v) is 71.7. The summed E-state index contributed by atoms with van der Waals surface area (Å²) >= 11 is 6.01. The fourth-order valence-electron chi connectivity index (χ4n) is 12.4. The molecule has 0 radical (unpaired) electrons. The van der Waals surface area contributed by atoms with Crippen LogP contribution in [0, 0.1) is 53.2 Å². The number of aryl methyl sites for hydroxylation is 10. The fraction of sp³-hybridized carbons (Fsp3) is 0.323. The quantitative estimate of drug-likeness (QED) is 0.0189. The van der Waals surface area contributed by atoms with Crippen molar-refractivity contribution in [3.05, 3.63) is 278 Å². The van der Waals surface area contributed by atoms with Gasteiger partial charge < -0.3 is 77.6 Å². The number of benzene rings is 5. The van der Waals surface area contributed by atoms with Crippen LogP contribution in [0.25, 0.3) is 0 Å². The standard InChI is InChI=1S/C28H26F2N4O3.C25H30N4O4.C22H24N4O3.C18H21ClN2O4/c1-17-4-10-25(18(2)31-17)33-28-32-23(7-11-26(35)20-12-21(29)14-22(30)13-20)15-27(34-28)37-16-19-5-8-24(36-3)9-6-19;1-17-5-11-22(18(2)26-17)28-25-27-20(8-12-24-31-13-4-14-32-24)15-23(29-25)33-16-19-6-9-21(30-3)10-7-19;1-15-6-11-20(16(2)23-15)25-22-24-18(5-4-12-27)13-21(26-22)29-14-17-7-9-19(28-3)10-8-17;1-22-15-6-3-13(4-7-15)12-25-16-11-14(20-18(19)21-16)5-8-17-23-9-2-10-24-17/h4-6,8-10,12-15H,7,11,16H2,1-3H3,(H,32,33,34);5-7,9-11,15,24H,4,8,12-14,16H2,1-3H3,(H,27,28,29);6-13H,4-5,14H2,1-3H3,(H,24,25,26);3-4,6-7,11,17H,2,5,8-10,12H2,1H3. The number of anilines is 6. The topological polar surface area (TPSA) is 323 Å². The number of rotatable bonds is 35. The zero-order chi connectivity index (χ0) is 87.5. The van der Waals surface area contributed by atoms with Gasteiger partial charge in [-0.15, -0.1) is 0 Å². The average molecular weight is 1710 g/mol. The van der Waals surface area contributed by atoms with Gasteiger partial charge in [0.2, 0.25) is 46.6 Å². The number of hydrogen-bond acceptors (Lipinski definition) is 28. The molecular weight excluding hydrogens is 1610 g/mol. The summed E-state index contributed by atoms with van der Waals surface area (Å²) in [4.78, 5) is 72.4. The lowest BCUT2D eigenvalue weighted by Crippen LogP contribution is -2.25. The van der Waals surface area contributed by atoms with Gasteiger partial charge in [0.1, 0.15) is 67.3 Å². The van der Waals surface area contributed by atoms with Gasteiger partial charge in [0.25, 0.3) is 0 Å². The normalized spacial score (nSPS) is 12.5. The van der Waals surface area contributed by atoms with Crippen LogP contribution in [0.5, 0.6) is 46.5 Å². The van der Waals surface area contributed by atoms with Crippen molar-refractivity contribution in [2.45, 2.75) is 145 Å². The van der Waals surface area contributed by atoms with E-state index in [2.05, 4.69) is 65.8 Å². The van der Waals surface area contributed by atoms with E-state index in [9.17, 15) is 18.4 Å². The highest BCUT2D eigenvalue weighted by atomic mass is 35.5. The predicted octanol–water partition coefficient (Wildman–Crippen LogP) is 17.8. The van der Waals surface area contributed by atoms with E-state index in [0.717, 1.165) is 190 Å². The first kappa shape index (κ1) is 91.7. The molecule has 0 unspecified atom stereocenters. The summed E-state index contributed by atoms with van der Waals surface area (Å²) in [6, 6.07) is 51.9. The maximum absolute atomic E-state index is 13.5. The third kappa shape index (κ3) is 30.3. The molecule has 0 atom stereocenters. The third-order valence-corrected chi connectivity index (χ3v) is 19.1. The average Bonchev–Trinajstić information content (AvgIpc) is 0.813. The monoisotopic (exact) mass is 1710 g/mol. The van der Waals surface area contributed by atoms with E-state index in [1.54, 1.807) is 46.6 Å². The summed E-state index contributed by atoms with van der Waals surface area (Å²) in [5.41, 5.74) is 14.6. The molecule has 3 N–H and O–H groups in total. The first-order chi connectivity index (χ1) is 60.2. The van der Waals surface area contributed by atoms with Crippen molar-refractivity contribution < 1.29 is 75.2 Å². The minimum atomic E-state index is -0.798. The number of Topliss-reactive ketones (excluding diaryl/α,β-unsaturated/α-hetero) is 1. The summed E-state index contributed by atoms with van der Waals surface area (Å²) in [6.07, 6.45) is 6.34. The van der Waals surface area contributed by atoms with Gasteiger partial charge >= 0.3 is 0 Å². The van der Waals surface area contributed by atoms with E-state index in [-0.39, 0.29) is 48.8 Å². The minimum Gasteiger partial charge on any atom is -0.497 e. The van der Waals surface area contributed by atoms with E-state index in [1.165, 1.54) is 0 Å². The number of aromatic nitrogens is 11. The van der Waals surface area contributed by atoms with Crippen LogP contribution >= 0.6 is 11.6 Å². The maximum Gasteiger partial charge on any atom is 0.230 e. The summed E-state index contributed by atoms with van der Waals surface area (Å²) in [6.45, 7) is 15.9. The van der Waals surface area contributed by atoms with E-state index in [4.69, 9.17) is 73.4 Å². The van der Waals surface area contributed by atoms with Crippen molar-refractivity contribution in [3.8, 4) is 46.5 Å². The summed E-state index contributed by atoms with van der Waals surface area (Å²) < 4.78 is 93.8. The first-order valence-corrected chi connectivity index (χ1v) is 40.8. The number of halogens is 3. The Morgan fingerprint density at radius 1 is 0.395 bits per heavy atom. The van der Waals surface area contributed by atoms with Gasteiger partial charge in [-0.3, -0.25) is 19.7 Å².